The SMILES string of the molecule is Cc1cc(CN2CCC(CNS(=O)(=O)c3cccs3)CC2)c(C)o1. The third-order valence-corrected chi connectivity index (χ3v) is 7.39. The van der Waals surface area contributed by atoms with Gasteiger partial charge in [-0.2, -0.15) is 0 Å². The van der Waals surface area contributed by atoms with E-state index >= 15 is 0 Å². The molecule has 5 nitrogen and oxygen atoms in total. The van der Waals surface area contributed by atoms with Crippen LogP contribution in [-0.2, 0) is 16.6 Å². The molecule has 132 valence electrons. The Labute approximate surface area is 147 Å². The Kier molecular flexibility index (Phi) is 5.44. The number of aryl methyl sites for hydroxylation is 2. The predicted molar refractivity (Wildman–Crippen MR) is 95.7 cm³/mol. The van der Waals surface area contributed by atoms with Crippen LogP contribution >= 0.6 is 11.3 Å². The monoisotopic (exact) mass is 368 g/mol. The molecule has 1 N–H and O–H groups in total. The van der Waals surface area contributed by atoms with E-state index in [0.717, 1.165) is 44.0 Å². The predicted octanol–water partition coefficient (Wildman–Crippen LogP) is 3.15. The summed E-state index contributed by atoms with van der Waals surface area (Å²) < 4.78 is 33.1. The summed E-state index contributed by atoms with van der Waals surface area (Å²) in [5, 5.41) is 1.78. The molecule has 24 heavy (non-hydrogen) atoms. The molecular weight excluding hydrogens is 344 g/mol. The molecule has 1 aliphatic heterocycles. The Morgan fingerprint density at radius 1 is 1.33 bits per heavy atom. The van der Waals surface area contributed by atoms with Crippen LogP contribution in [0.3, 0.4) is 0 Å². The van der Waals surface area contributed by atoms with Gasteiger partial charge in [0, 0.05) is 18.7 Å². The number of hydrogen-bond donors (Lipinski definition) is 1. The zero-order valence-corrected chi connectivity index (χ0v) is 15.8. The van der Waals surface area contributed by atoms with Crippen LogP contribution in [0.4, 0.5) is 0 Å². The molecule has 3 heterocycles. The highest BCUT2D eigenvalue weighted by molar-refractivity contribution is 7.91. The molecule has 2 aromatic rings. The molecule has 1 fully saturated rings. The molecule has 0 aliphatic carbocycles. The Bertz CT molecular complexity index is 758. The van der Waals surface area contributed by atoms with Gasteiger partial charge >= 0.3 is 0 Å². The highest BCUT2D eigenvalue weighted by Gasteiger charge is 2.23. The number of hydrogen-bond acceptors (Lipinski definition) is 5. The van der Waals surface area contributed by atoms with Crippen LogP contribution in [0.25, 0.3) is 0 Å². The zero-order valence-electron chi connectivity index (χ0n) is 14.1. The first-order valence-corrected chi connectivity index (χ1v) is 10.6. The molecule has 0 aromatic carbocycles. The summed E-state index contributed by atoms with van der Waals surface area (Å²) in [5.74, 6) is 2.36. The van der Waals surface area contributed by atoms with Crippen LogP contribution in [0.2, 0.25) is 0 Å². The van der Waals surface area contributed by atoms with Crippen molar-refractivity contribution in [1.29, 1.82) is 0 Å². The summed E-state index contributed by atoms with van der Waals surface area (Å²) in [6, 6.07) is 5.51. The van der Waals surface area contributed by atoms with E-state index in [1.165, 1.54) is 16.9 Å². The van der Waals surface area contributed by atoms with Gasteiger partial charge < -0.3 is 4.42 Å². The van der Waals surface area contributed by atoms with Crippen molar-refractivity contribution in [2.24, 2.45) is 5.92 Å². The van der Waals surface area contributed by atoms with E-state index in [4.69, 9.17) is 4.42 Å². The second kappa shape index (κ2) is 7.39. The summed E-state index contributed by atoms with van der Waals surface area (Å²) in [7, 11) is -3.34. The molecule has 1 aliphatic rings. The van der Waals surface area contributed by atoms with Gasteiger partial charge in [0.05, 0.1) is 0 Å². The number of nitrogens with zero attached hydrogens (tertiary/aromatic N) is 1. The highest BCUT2D eigenvalue weighted by atomic mass is 32.2. The van der Waals surface area contributed by atoms with Crippen LogP contribution in [-0.4, -0.2) is 33.0 Å². The van der Waals surface area contributed by atoms with Gasteiger partial charge in [-0.1, -0.05) is 6.07 Å². The molecule has 0 bridgehead atoms. The maximum Gasteiger partial charge on any atom is 0.250 e. The van der Waals surface area contributed by atoms with Crippen LogP contribution in [0.1, 0.15) is 29.9 Å². The van der Waals surface area contributed by atoms with Crippen LogP contribution in [0.15, 0.2) is 32.2 Å². The van der Waals surface area contributed by atoms with E-state index < -0.39 is 10.0 Å². The lowest BCUT2D eigenvalue weighted by Crippen LogP contribution is -2.38. The minimum atomic E-state index is -3.34. The van der Waals surface area contributed by atoms with Crippen molar-refractivity contribution in [3.8, 4) is 0 Å². The molecular formula is C17H24N2O3S2. The van der Waals surface area contributed by atoms with Crippen molar-refractivity contribution in [3.63, 3.8) is 0 Å². The third-order valence-electron chi connectivity index (χ3n) is 4.57. The molecule has 0 unspecified atom stereocenters. The molecule has 0 saturated carbocycles. The van der Waals surface area contributed by atoms with Gasteiger partial charge in [0.25, 0.3) is 0 Å². The second-order valence-electron chi connectivity index (χ2n) is 6.44. The molecule has 3 rings (SSSR count). The number of rotatable bonds is 6. The average molecular weight is 369 g/mol. The number of likely N-dealkylation sites (tertiary alicyclic amines) is 1. The number of sulfonamides is 1. The van der Waals surface area contributed by atoms with Gasteiger partial charge in [-0.15, -0.1) is 11.3 Å². The van der Waals surface area contributed by atoms with E-state index in [-0.39, 0.29) is 0 Å². The Morgan fingerprint density at radius 2 is 2.08 bits per heavy atom. The standard InChI is InChI=1S/C17H24N2O3S2/c1-13-10-16(14(2)22-13)12-19-7-5-15(6-8-19)11-18-24(20,21)17-4-3-9-23-17/h3-4,9-10,15,18H,5-8,11-12H2,1-2H3. The maximum absolute atomic E-state index is 12.2. The van der Waals surface area contributed by atoms with E-state index in [9.17, 15) is 8.42 Å². The van der Waals surface area contributed by atoms with Gasteiger partial charge in [-0.3, -0.25) is 4.90 Å². The van der Waals surface area contributed by atoms with Crippen LogP contribution in [0.5, 0.6) is 0 Å². The van der Waals surface area contributed by atoms with Crippen molar-refractivity contribution in [2.45, 2.75) is 37.4 Å². The Morgan fingerprint density at radius 3 is 2.67 bits per heavy atom. The maximum atomic E-state index is 12.2. The van der Waals surface area contributed by atoms with Gasteiger partial charge in [-0.05, 0) is 63.2 Å². The third kappa shape index (κ3) is 4.27. The molecule has 2 aromatic heterocycles. The van der Waals surface area contributed by atoms with Crippen LogP contribution in [0, 0.1) is 19.8 Å². The minimum absolute atomic E-state index is 0.394. The number of piperidine rings is 1. The molecule has 0 amide bonds. The van der Waals surface area contributed by atoms with E-state index in [1.54, 1.807) is 17.5 Å². The number of thiophene rings is 1. The topological polar surface area (TPSA) is 62.6 Å². The van der Waals surface area contributed by atoms with Crippen LogP contribution < -0.4 is 4.72 Å². The lowest BCUT2D eigenvalue weighted by atomic mass is 9.97. The average Bonchev–Trinajstić information content (AvgIpc) is 3.18. The number of furan rings is 1. The normalized spacial score (nSPS) is 17.4. The zero-order chi connectivity index (χ0) is 17.2. The molecule has 0 atom stereocenters. The van der Waals surface area contributed by atoms with Gasteiger partial charge in [-0.25, -0.2) is 13.1 Å². The smallest absolute Gasteiger partial charge is 0.250 e. The molecule has 0 radical (unpaired) electrons. The fourth-order valence-electron chi connectivity index (χ4n) is 3.15. The van der Waals surface area contributed by atoms with Crippen molar-refractivity contribution >= 4 is 21.4 Å². The minimum Gasteiger partial charge on any atom is -0.466 e. The van der Waals surface area contributed by atoms with Crippen molar-refractivity contribution < 1.29 is 12.8 Å². The lowest BCUT2D eigenvalue weighted by Gasteiger charge is -2.31. The Balaban J connectivity index is 1.46. The van der Waals surface area contributed by atoms with Gasteiger partial charge in [0.2, 0.25) is 10.0 Å². The quantitative estimate of drug-likeness (QED) is 0.851. The summed E-state index contributed by atoms with van der Waals surface area (Å²) in [6.45, 7) is 7.41. The van der Waals surface area contributed by atoms with E-state index in [0.29, 0.717) is 16.7 Å². The van der Waals surface area contributed by atoms with Gasteiger partial charge in [0.1, 0.15) is 15.7 Å². The number of nitrogens with one attached hydrogen (secondary N) is 1. The second-order valence-corrected chi connectivity index (χ2v) is 9.38. The first-order chi connectivity index (χ1) is 11.4. The molecule has 7 heteroatoms. The van der Waals surface area contributed by atoms with Crippen molar-refractivity contribution in [3.05, 3.63) is 40.7 Å². The Hall–Kier alpha value is -1.15. The molecule has 1 saturated heterocycles. The molecule has 0 spiro atoms. The summed E-state index contributed by atoms with van der Waals surface area (Å²) in [6.07, 6.45) is 2.03. The van der Waals surface area contributed by atoms with E-state index in [2.05, 4.69) is 15.7 Å². The summed E-state index contributed by atoms with van der Waals surface area (Å²) in [4.78, 5) is 2.42. The summed E-state index contributed by atoms with van der Waals surface area (Å²) >= 11 is 1.25. The first kappa shape index (κ1) is 17.7. The van der Waals surface area contributed by atoms with Crippen molar-refractivity contribution in [2.75, 3.05) is 19.6 Å². The fourth-order valence-corrected chi connectivity index (χ4v) is 5.30. The fraction of sp³-hybridized carbons (Fsp3) is 0.529. The largest absolute Gasteiger partial charge is 0.466 e. The lowest BCUT2D eigenvalue weighted by molar-refractivity contribution is 0.178. The van der Waals surface area contributed by atoms with Gasteiger partial charge in [0.15, 0.2) is 0 Å². The first-order valence-electron chi connectivity index (χ1n) is 8.25. The van der Waals surface area contributed by atoms with Crippen molar-refractivity contribution in [1.82, 2.24) is 9.62 Å². The highest BCUT2D eigenvalue weighted by Crippen LogP contribution is 2.22. The van der Waals surface area contributed by atoms with E-state index in [1.807, 2.05) is 13.8 Å². The summed E-state index contributed by atoms with van der Waals surface area (Å²) in [5.41, 5.74) is 1.25.